The van der Waals surface area contributed by atoms with E-state index in [1.165, 1.54) is 0 Å². The molecular weight excluding hydrogens is 363 g/mol. The number of halogens is 2. The van der Waals surface area contributed by atoms with Crippen molar-refractivity contribution in [1.29, 1.82) is 0 Å². The number of amides is 3. The molecule has 1 atom stereocenters. The molecule has 0 aromatic heterocycles. The van der Waals surface area contributed by atoms with Gasteiger partial charge in [-0.15, -0.1) is 12.4 Å². The lowest BCUT2D eigenvalue weighted by atomic mass is 9.90. The second kappa shape index (κ2) is 8.25. The summed E-state index contributed by atoms with van der Waals surface area (Å²) in [4.78, 5) is 28.1. The summed E-state index contributed by atoms with van der Waals surface area (Å²) < 4.78 is 0. The molecule has 2 fully saturated rings. The number of likely N-dealkylation sites (tertiary alicyclic amines) is 1. The van der Waals surface area contributed by atoms with Crippen molar-refractivity contribution in [1.82, 2.24) is 10.2 Å². The van der Waals surface area contributed by atoms with Gasteiger partial charge in [-0.05, 0) is 43.9 Å². The highest BCUT2D eigenvalue weighted by molar-refractivity contribution is 6.34. The van der Waals surface area contributed by atoms with Crippen LogP contribution in [0.2, 0.25) is 5.02 Å². The van der Waals surface area contributed by atoms with Gasteiger partial charge in [0.05, 0.1) is 10.7 Å². The van der Waals surface area contributed by atoms with Gasteiger partial charge in [0, 0.05) is 37.8 Å². The second-order valence-corrected chi connectivity index (χ2v) is 6.95. The quantitative estimate of drug-likeness (QED) is 0.837. The fourth-order valence-corrected chi connectivity index (χ4v) is 3.58. The van der Waals surface area contributed by atoms with Crippen molar-refractivity contribution < 1.29 is 9.59 Å². The number of rotatable bonds is 3. The minimum Gasteiger partial charge on any atom is -0.339 e. The molecule has 2 aliphatic heterocycles. The average Bonchev–Trinajstić information content (AvgIpc) is 3.00. The largest absolute Gasteiger partial charge is 0.339 e. The summed E-state index contributed by atoms with van der Waals surface area (Å²) in [5.41, 5.74) is 7.11. The molecule has 138 valence electrons. The molecule has 2 aliphatic rings. The molecule has 0 bridgehead atoms. The van der Waals surface area contributed by atoms with Gasteiger partial charge in [0.25, 0.3) is 5.91 Å². The third-order valence-corrected chi connectivity index (χ3v) is 5.23. The van der Waals surface area contributed by atoms with E-state index in [9.17, 15) is 9.59 Å². The number of benzene rings is 1. The van der Waals surface area contributed by atoms with E-state index >= 15 is 0 Å². The van der Waals surface area contributed by atoms with Crippen molar-refractivity contribution in [2.75, 3.05) is 31.1 Å². The van der Waals surface area contributed by atoms with E-state index in [0.717, 1.165) is 12.8 Å². The summed E-state index contributed by atoms with van der Waals surface area (Å²) in [5.74, 6) is 0.457. The summed E-state index contributed by atoms with van der Waals surface area (Å²) in [6, 6.07) is 5.11. The van der Waals surface area contributed by atoms with Crippen molar-refractivity contribution in [3.63, 3.8) is 0 Å². The average molecular weight is 387 g/mol. The van der Waals surface area contributed by atoms with E-state index in [-0.39, 0.29) is 30.4 Å². The number of carbonyl (C=O) groups excluding carboxylic acids is 2. The van der Waals surface area contributed by atoms with E-state index in [0.29, 0.717) is 48.4 Å². The zero-order chi connectivity index (χ0) is 17.3. The fraction of sp³-hybridized carbons (Fsp3) is 0.529. The molecule has 25 heavy (non-hydrogen) atoms. The first kappa shape index (κ1) is 19.8. The number of hydrogen-bond acceptors (Lipinski definition) is 3. The molecule has 8 heteroatoms. The normalized spacial score (nSPS) is 19.4. The van der Waals surface area contributed by atoms with Gasteiger partial charge in [-0.2, -0.15) is 0 Å². The predicted molar refractivity (Wildman–Crippen MR) is 102 cm³/mol. The van der Waals surface area contributed by atoms with Gasteiger partial charge in [-0.3, -0.25) is 9.69 Å². The molecule has 0 saturated carbocycles. The third kappa shape index (κ3) is 4.19. The summed E-state index contributed by atoms with van der Waals surface area (Å²) in [6.45, 7) is 4.59. The Morgan fingerprint density at radius 2 is 2.00 bits per heavy atom. The van der Waals surface area contributed by atoms with Gasteiger partial charge in [-0.25, -0.2) is 4.79 Å². The topological polar surface area (TPSA) is 78.7 Å². The molecular formula is C17H24Cl2N4O2. The molecule has 1 unspecified atom stereocenters. The van der Waals surface area contributed by atoms with Gasteiger partial charge in [0.1, 0.15) is 0 Å². The van der Waals surface area contributed by atoms with Crippen LogP contribution in [0.1, 0.15) is 30.1 Å². The Kier molecular flexibility index (Phi) is 6.54. The van der Waals surface area contributed by atoms with Crippen molar-refractivity contribution in [3.05, 3.63) is 28.8 Å². The molecule has 1 aromatic carbocycles. The van der Waals surface area contributed by atoms with E-state index in [1.54, 1.807) is 23.1 Å². The van der Waals surface area contributed by atoms with Crippen LogP contribution in [-0.2, 0) is 0 Å². The fourth-order valence-electron chi connectivity index (χ4n) is 3.36. The number of hydrogen-bond donors (Lipinski definition) is 2. The first-order chi connectivity index (χ1) is 11.5. The molecule has 2 saturated heterocycles. The lowest BCUT2D eigenvalue weighted by Gasteiger charge is -2.34. The van der Waals surface area contributed by atoms with Gasteiger partial charge < -0.3 is 16.0 Å². The Hall–Kier alpha value is -1.50. The van der Waals surface area contributed by atoms with E-state index in [2.05, 4.69) is 5.32 Å². The van der Waals surface area contributed by atoms with E-state index in [1.807, 2.05) is 11.8 Å². The standard InChI is InChI=1S/C17H23ClN4O2.ClH/c1-11(19)12-4-7-21(8-5-12)16(23)13-2-3-14(18)15(10-13)22-9-6-20-17(22)24;/h2-3,10-12H,4-9,19H2,1H3,(H,20,24);1H. The monoisotopic (exact) mass is 386 g/mol. The number of nitrogens with zero attached hydrogens (tertiary/aromatic N) is 2. The van der Waals surface area contributed by atoms with Crippen LogP contribution in [0.25, 0.3) is 0 Å². The predicted octanol–water partition coefficient (Wildman–Crippen LogP) is 2.49. The maximum atomic E-state index is 12.8. The molecule has 0 spiro atoms. The van der Waals surface area contributed by atoms with Crippen LogP contribution in [0.5, 0.6) is 0 Å². The number of nitrogens with two attached hydrogens (primary N) is 1. The van der Waals surface area contributed by atoms with Gasteiger partial charge in [0.15, 0.2) is 0 Å². The van der Waals surface area contributed by atoms with Crippen LogP contribution >= 0.6 is 24.0 Å². The van der Waals surface area contributed by atoms with Crippen molar-refractivity contribution >= 4 is 41.6 Å². The smallest absolute Gasteiger partial charge is 0.322 e. The summed E-state index contributed by atoms with van der Waals surface area (Å²) >= 11 is 6.23. The molecule has 3 amide bonds. The molecule has 1 aromatic rings. The van der Waals surface area contributed by atoms with Gasteiger partial charge in [-0.1, -0.05) is 11.6 Å². The number of urea groups is 1. The van der Waals surface area contributed by atoms with Crippen LogP contribution in [0, 0.1) is 5.92 Å². The van der Waals surface area contributed by atoms with Crippen LogP contribution in [0.4, 0.5) is 10.5 Å². The van der Waals surface area contributed by atoms with E-state index < -0.39 is 0 Å². The molecule has 2 heterocycles. The van der Waals surface area contributed by atoms with Gasteiger partial charge in [0.2, 0.25) is 0 Å². The maximum absolute atomic E-state index is 12.8. The summed E-state index contributed by atoms with van der Waals surface area (Å²) in [6.07, 6.45) is 1.86. The molecule has 0 radical (unpaired) electrons. The minimum absolute atomic E-state index is 0. The minimum atomic E-state index is -0.181. The third-order valence-electron chi connectivity index (χ3n) is 4.91. The Balaban J connectivity index is 0.00000225. The highest BCUT2D eigenvalue weighted by atomic mass is 35.5. The molecule has 3 N–H and O–H groups in total. The van der Waals surface area contributed by atoms with Crippen molar-refractivity contribution in [2.45, 2.75) is 25.8 Å². The Morgan fingerprint density at radius 1 is 1.32 bits per heavy atom. The first-order valence-electron chi connectivity index (χ1n) is 8.37. The van der Waals surface area contributed by atoms with Crippen LogP contribution in [0.3, 0.4) is 0 Å². The van der Waals surface area contributed by atoms with Crippen LogP contribution in [0.15, 0.2) is 18.2 Å². The summed E-state index contributed by atoms with van der Waals surface area (Å²) in [5, 5.41) is 3.22. The van der Waals surface area contributed by atoms with Gasteiger partial charge >= 0.3 is 6.03 Å². The number of anilines is 1. The highest BCUT2D eigenvalue weighted by Crippen LogP contribution is 2.29. The van der Waals surface area contributed by atoms with Crippen LogP contribution < -0.4 is 16.0 Å². The first-order valence-corrected chi connectivity index (χ1v) is 8.75. The zero-order valence-electron chi connectivity index (χ0n) is 14.2. The number of carbonyl (C=O) groups is 2. The second-order valence-electron chi connectivity index (χ2n) is 6.54. The van der Waals surface area contributed by atoms with E-state index in [4.69, 9.17) is 17.3 Å². The van der Waals surface area contributed by atoms with Crippen LogP contribution in [-0.4, -0.2) is 49.1 Å². The molecule has 6 nitrogen and oxygen atoms in total. The number of piperidine rings is 1. The Bertz CT molecular complexity index is 646. The SMILES string of the molecule is CC(N)C1CCN(C(=O)c2ccc(Cl)c(N3CCNC3=O)c2)CC1.Cl. The Morgan fingerprint density at radius 3 is 2.56 bits per heavy atom. The summed E-state index contributed by atoms with van der Waals surface area (Å²) in [7, 11) is 0. The molecule has 3 rings (SSSR count). The maximum Gasteiger partial charge on any atom is 0.322 e. The Labute approximate surface area is 159 Å². The highest BCUT2D eigenvalue weighted by Gasteiger charge is 2.27. The lowest BCUT2D eigenvalue weighted by molar-refractivity contribution is 0.0681. The molecule has 0 aliphatic carbocycles. The van der Waals surface area contributed by atoms with Crippen molar-refractivity contribution in [2.24, 2.45) is 11.7 Å². The van der Waals surface area contributed by atoms with Crippen molar-refractivity contribution in [3.8, 4) is 0 Å². The lowest BCUT2D eigenvalue weighted by Crippen LogP contribution is -2.42. The number of nitrogens with one attached hydrogen (secondary N) is 1. The zero-order valence-corrected chi connectivity index (χ0v) is 15.8.